The largest absolute Gasteiger partial charge is 0.375 e. The summed E-state index contributed by atoms with van der Waals surface area (Å²) >= 11 is 7.77. The Morgan fingerprint density at radius 1 is 1.32 bits per heavy atom. The van der Waals surface area contributed by atoms with E-state index in [0.717, 1.165) is 27.6 Å². The zero-order valence-electron chi connectivity index (χ0n) is 10.0. The van der Waals surface area contributed by atoms with E-state index in [1.165, 1.54) is 24.2 Å². The fourth-order valence-corrected chi connectivity index (χ4v) is 3.17. The summed E-state index contributed by atoms with van der Waals surface area (Å²) in [5.74, 6) is 0.874. The Morgan fingerprint density at radius 3 is 2.84 bits per heavy atom. The van der Waals surface area contributed by atoms with Gasteiger partial charge in [0.2, 0.25) is 0 Å². The lowest BCUT2D eigenvalue weighted by atomic mass is 10.3. The Labute approximate surface area is 118 Å². The number of nitrogen functional groups attached to an aromatic ring is 1. The summed E-state index contributed by atoms with van der Waals surface area (Å²) in [4.78, 5) is 9.03. The molecule has 96 valence electrons. The van der Waals surface area contributed by atoms with E-state index in [1.807, 2.05) is 23.6 Å². The monoisotopic (exact) mass is 290 g/mol. The van der Waals surface area contributed by atoms with Gasteiger partial charge in [0.25, 0.3) is 0 Å². The normalized spacial score (nSPS) is 15.2. The van der Waals surface area contributed by atoms with Gasteiger partial charge in [0.15, 0.2) is 11.0 Å². The van der Waals surface area contributed by atoms with Crippen LogP contribution in [0.15, 0.2) is 23.6 Å². The van der Waals surface area contributed by atoms with Crippen LogP contribution in [0.1, 0.15) is 18.9 Å². The summed E-state index contributed by atoms with van der Waals surface area (Å²) in [5.41, 5.74) is 8.49. The van der Waals surface area contributed by atoms with Crippen LogP contribution in [-0.2, 0) is 0 Å². The number of nitrogens with zero attached hydrogens (tertiary/aromatic N) is 3. The van der Waals surface area contributed by atoms with E-state index in [4.69, 9.17) is 17.3 Å². The van der Waals surface area contributed by atoms with E-state index >= 15 is 0 Å². The first kappa shape index (κ1) is 11.3. The van der Waals surface area contributed by atoms with Gasteiger partial charge in [-0.05, 0) is 25.0 Å². The van der Waals surface area contributed by atoms with Gasteiger partial charge in [-0.2, -0.15) is 0 Å². The lowest BCUT2D eigenvalue weighted by molar-refractivity contribution is 0.773. The molecule has 0 radical (unpaired) electrons. The van der Waals surface area contributed by atoms with Crippen molar-refractivity contribution in [3.63, 3.8) is 0 Å². The zero-order chi connectivity index (χ0) is 13.0. The first-order valence-corrected chi connectivity index (χ1v) is 7.37. The fraction of sp³-hybridized carbons (Fsp3) is 0.231. The van der Waals surface area contributed by atoms with Crippen LogP contribution in [0.4, 0.5) is 5.13 Å². The van der Waals surface area contributed by atoms with Crippen LogP contribution in [0.2, 0.25) is 5.02 Å². The molecular formula is C13H11ClN4S. The predicted octanol–water partition coefficient (Wildman–Crippen LogP) is 3.73. The highest BCUT2D eigenvalue weighted by atomic mass is 35.5. The summed E-state index contributed by atoms with van der Waals surface area (Å²) in [5, 5.41) is 3.26. The second kappa shape index (κ2) is 3.95. The molecule has 1 aromatic carbocycles. The van der Waals surface area contributed by atoms with E-state index in [0.29, 0.717) is 11.2 Å². The van der Waals surface area contributed by atoms with Gasteiger partial charge in [-0.15, -0.1) is 11.3 Å². The van der Waals surface area contributed by atoms with Crippen molar-refractivity contribution in [3.8, 4) is 11.5 Å². The smallest absolute Gasteiger partial charge is 0.180 e. The van der Waals surface area contributed by atoms with Crippen LogP contribution in [0.5, 0.6) is 0 Å². The second-order valence-electron chi connectivity index (χ2n) is 4.72. The van der Waals surface area contributed by atoms with Crippen molar-refractivity contribution in [1.29, 1.82) is 0 Å². The molecule has 19 heavy (non-hydrogen) atoms. The summed E-state index contributed by atoms with van der Waals surface area (Å²) in [6.07, 6.45) is 2.34. The molecule has 2 N–H and O–H groups in total. The van der Waals surface area contributed by atoms with Crippen LogP contribution in [-0.4, -0.2) is 14.5 Å². The van der Waals surface area contributed by atoms with Crippen molar-refractivity contribution >= 4 is 39.1 Å². The molecule has 1 aliphatic carbocycles. The number of benzene rings is 1. The molecule has 6 heteroatoms. The van der Waals surface area contributed by atoms with Crippen molar-refractivity contribution in [3.05, 3.63) is 28.6 Å². The molecule has 1 saturated carbocycles. The van der Waals surface area contributed by atoms with Gasteiger partial charge in [-0.3, -0.25) is 0 Å². The first-order chi connectivity index (χ1) is 9.24. The highest BCUT2D eigenvalue weighted by molar-refractivity contribution is 7.13. The molecule has 3 aromatic rings. The minimum Gasteiger partial charge on any atom is -0.375 e. The quantitative estimate of drug-likeness (QED) is 0.782. The van der Waals surface area contributed by atoms with Crippen LogP contribution >= 0.6 is 22.9 Å². The number of nitrogens with two attached hydrogens (primary N) is 1. The minimum atomic E-state index is 0.489. The highest BCUT2D eigenvalue weighted by Gasteiger charge is 2.30. The predicted molar refractivity (Wildman–Crippen MR) is 78.5 cm³/mol. The third kappa shape index (κ3) is 1.73. The maximum atomic E-state index is 6.34. The van der Waals surface area contributed by atoms with Crippen molar-refractivity contribution < 1.29 is 0 Å². The third-order valence-electron chi connectivity index (χ3n) is 3.32. The Hall–Kier alpha value is -1.59. The molecule has 0 spiro atoms. The van der Waals surface area contributed by atoms with Gasteiger partial charge in [-0.1, -0.05) is 17.7 Å². The van der Waals surface area contributed by atoms with Crippen molar-refractivity contribution in [2.75, 3.05) is 5.73 Å². The minimum absolute atomic E-state index is 0.489. The Bertz CT molecular complexity index is 772. The van der Waals surface area contributed by atoms with E-state index in [9.17, 15) is 0 Å². The molecule has 0 saturated heterocycles. The molecule has 0 amide bonds. The number of thiazole rings is 1. The SMILES string of the molecule is Nc1nc(-c2nc3cccc(Cl)c3n2C2CC2)cs1. The van der Waals surface area contributed by atoms with Gasteiger partial charge in [0, 0.05) is 11.4 Å². The summed E-state index contributed by atoms with van der Waals surface area (Å²) in [6.45, 7) is 0. The van der Waals surface area contributed by atoms with Gasteiger partial charge >= 0.3 is 0 Å². The molecule has 2 aromatic heterocycles. The third-order valence-corrected chi connectivity index (χ3v) is 4.30. The molecule has 0 bridgehead atoms. The van der Waals surface area contributed by atoms with Crippen LogP contribution in [0.25, 0.3) is 22.6 Å². The summed E-state index contributed by atoms with van der Waals surface area (Å²) in [6, 6.07) is 6.31. The van der Waals surface area contributed by atoms with Crippen LogP contribution in [0.3, 0.4) is 0 Å². The molecule has 2 heterocycles. The first-order valence-electron chi connectivity index (χ1n) is 6.12. The lowest BCUT2D eigenvalue weighted by Gasteiger charge is -2.06. The standard InChI is InChI=1S/C13H11ClN4S/c14-8-2-1-3-9-11(8)18(7-4-5-7)12(16-9)10-6-19-13(15)17-10/h1-3,6-7H,4-5H2,(H2,15,17). The molecule has 1 aliphatic rings. The molecule has 0 atom stereocenters. The number of hydrogen-bond acceptors (Lipinski definition) is 4. The highest BCUT2D eigenvalue weighted by Crippen LogP contribution is 2.42. The van der Waals surface area contributed by atoms with Crippen molar-refractivity contribution in [2.45, 2.75) is 18.9 Å². The molecule has 1 fully saturated rings. The number of anilines is 1. The van der Waals surface area contributed by atoms with E-state index in [2.05, 4.69) is 14.5 Å². The molecule has 4 nitrogen and oxygen atoms in total. The van der Waals surface area contributed by atoms with Crippen LogP contribution < -0.4 is 5.73 Å². The number of hydrogen-bond donors (Lipinski definition) is 1. The maximum Gasteiger partial charge on any atom is 0.180 e. The van der Waals surface area contributed by atoms with E-state index in [-0.39, 0.29) is 0 Å². The van der Waals surface area contributed by atoms with Gasteiger partial charge in [0.1, 0.15) is 5.69 Å². The lowest BCUT2D eigenvalue weighted by Crippen LogP contribution is -1.98. The summed E-state index contributed by atoms with van der Waals surface area (Å²) in [7, 11) is 0. The number of imidazole rings is 1. The number of para-hydroxylation sites is 1. The maximum absolute atomic E-state index is 6.34. The molecule has 0 unspecified atom stereocenters. The molecule has 0 aliphatic heterocycles. The topological polar surface area (TPSA) is 56.7 Å². The van der Waals surface area contributed by atoms with Crippen LogP contribution in [0, 0.1) is 0 Å². The Balaban J connectivity index is 2.05. The Kier molecular flexibility index (Phi) is 2.34. The van der Waals surface area contributed by atoms with Gasteiger partial charge in [-0.25, -0.2) is 9.97 Å². The second-order valence-corrected chi connectivity index (χ2v) is 6.01. The average Bonchev–Trinajstić information content (AvgIpc) is 3.01. The van der Waals surface area contributed by atoms with Crippen molar-refractivity contribution in [2.24, 2.45) is 0 Å². The van der Waals surface area contributed by atoms with E-state index in [1.54, 1.807) is 0 Å². The number of rotatable bonds is 2. The Morgan fingerprint density at radius 2 is 2.16 bits per heavy atom. The van der Waals surface area contributed by atoms with Gasteiger partial charge in [0.05, 0.1) is 16.1 Å². The molecule has 4 rings (SSSR count). The van der Waals surface area contributed by atoms with Crippen molar-refractivity contribution in [1.82, 2.24) is 14.5 Å². The summed E-state index contributed by atoms with van der Waals surface area (Å²) < 4.78 is 2.21. The molecular weight excluding hydrogens is 280 g/mol. The fourth-order valence-electron chi connectivity index (χ4n) is 2.37. The number of halogens is 1. The average molecular weight is 291 g/mol. The zero-order valence-corrected chi connectivity index (χ0v) is 11.6. The number of aromatic nitrogens is 3. The van der Waals surface area contributed by atoms with E-state index < -0.39 is 0 Å². The number of fused-ring (bicyclic) bond motifs is 1. The van der Waals surface area contributed by atoms with Gasteiger partial charge < -0.3 is 10.3 Å².